The molecule has 0 saturated carbocycles. The van der Waals surface area contributed by atoms with Crippen molar-refractivity contribution < 1.29 is 21.6 Å². The molecule has 0 aliphatic rings. The van der Waals surface area contributed by atoms with Crippen molar-refractivity contribution in [2.45, 2.75) is 17.0 Å². The quantitative estimate of drug-likeness (QED) is 0.621. The van der Waals surface area contributed by atoms with Crippen molar-refractivity contribution >= 4 is 31.3 Å². The van der Waals surface area contributed by atoms with Gasteiger partial charge in [-0.05, 0) is 17.7 Å². The second-order valence-electron chi connectivity index (χ2n) is 3.19. The van der Waals surface area contributed by atoms with Gasteiger partial charge in [0.05, 0.1) is 16.0 Å². The molecule has 0 amide bonds. The minimum Gasteiger partial charge on any atom is -0.207 e. The lowest BCUT2D eigenvalue weighted by molar-refractivity contribution is -0.138. The van der Waals surface area contributed by atoms with E-state index in [9.17, 15) is 21.6 Å². The number of alkyl halides is 4. The van der Waals surface area contributed by atoms with Crippen molar-refractivity contribution in [2.24, 2.45) is 0 Å². The summed E-state index contributed by atoms with van der Waals surface area (Å²) in [5.74, 6) is -0.438. The number of halogens is 5. The molecule has 0 fully saturated rings. The van der Waals surface area contributed by atoms with Crippen LogP contribution in [0.15, 0.2) is 17.0 Å². The Morgan fingerprint density at radius 2 is 1.89 bits per heavy atom. The molecular weight excluding hydrogens is 314 g/mol. The van der Waals surface area contributed by atoms with Crippen molar-refractivity contribution in [3.63, 3.8) is 0 Å². The van der Waals surface area contributed by atoms with Gasteiger partial charge in [0.2, 0.25) is 0 Å². The predicted octanol–water partition coefficient (Wildman–Crippen LogP) is 3.24. The van der Waals surface area contributed by atoms with Gasteiger partial charge in [0.25, 0.3) is 9.05 Å². The summed E-state index contributed by atoms with van der Waals surface area (Å²) < 4.78 is 60.2. The molecule has 1 aromatic rings. The zero-order valence-electron chi connectivity index (χ0n) is 8.42. The summed E-state index contributed by atoms with van der Waals surface area (Å²) in [5, 5.41) is 8.70. The number of rotatable bonds is 2. The summed E-state index contributed by atoms with van der Waals surface area (Å²) in [4.78, 5) is -0.744. The highest BCUT2D eigenvalue weighted by Gasteiger charge is 2.36. The predicted molar refractivity (Wildman–Crippen MR) is 58.8 cm³/mol. The molecule has 0 atom stereocenters. The Hall–Kier alpha value is -0.970. The Balaban J connectivity index is 3.74. The van der Waals surface area contributed by atoms with Crippen molar-refractivity contribution in [2.75, 3.05) is 0 Å². The summed E-state index contributed by atoms with van der Waals surface area (Å²) in [5.41, 5.74) is -2.32. The summed E-state index contributed by atoms with van der Waals surface area (Å²) in [6.45, 7) is 0. The van der Waals surface area contributed by atoms with Gasteiger partial charge in [0.1, 0.15) is 6.07 Å². The van der Waals surface area contributed by atoms with Crippen LogP contribution in [0.3, 0.4) is 0 Å². The molecule has 0 spiro atoms. The molecular formula is C9H4Cl2F3NO2S. The fraction of sp³-hybridized carbons (Fsp3) is 0.222. The third-order valence-corrected chi connectivity index (χ3v) is 3.66. The Bertz CT molecular complexity index is 620. The highest BCUT2D eigenvalue weighted by molar-refractivity contribution is 8.13. The topological polar surface area (TPSA) is 57.9 Å². The van der Waals surface area contributed by atoms with Crippen LogP contribution in [0, 0.1) is 11.3 Å². The zero-order chi connectivity index (χ0) is 14.1. The van der Waals surface area contributed by atoms with Crippen LogP contribution in [0.5, 0.6) is 0 Å². The minimum absolute atomic E-state index is 0.242. The molecule has 98 valence electrons. The van der Waals surface area contributed by atoms with E-state index in [1.165, 1.54) is 6.07 Å². The maximum Gasteiger partial charge on any atom is 0.417 e. The summed E-state index contributed by atoms with van der Waals surface area (Å²) in [6.07, 6.45) is -4.87. The van der Waals surface area contributed by atoms with E-state index < -0.39 is 37.1 Å². The molecule has 0 saturated heterocycles. The van der Waals surface area contributed by atoms with Crippen LogP contribution in [0.2, 0.25) is 0 Å². The first-order chi connectivity index (χ1) is 8.11. The standard InChI is InChI=1S/C9H4Cl2F3NO2S/c10-3-5-1-6(18(11,16)17)2-8(7(5)4-15)9(12,13)14/h1-2H,3H2. The Labute approximate surface area is 110 Å². The van der Waals surface area contributed by atoms with Gasteiger partial charge < -0.3 is 0 Å². The Morgan fingerprint density at radius 3 is 2.22 bits per heavy atom. The van der Waals surface area contributed by atoms with Crippen LogP contribution in [-0.4, -0.2) is 8.42 Å². The van der Waals surface area contributed by atoms with Crippen molar-refractivity contribution in [1.82, 2.24) is 0 Å². The Kier molecular flexibility index (Phi) is 4.15. The van der Waals surface area contributed by atoms with Crippen LogP contribution in [0.25, 0.3) is 0 Å². The van der Waals surface area contributed by atoms with E-state index in [0.29, 0.717) is 6.07 Å². The lowest BCUT2D eigenvalue weighted by Crippen LogP contribution is -2.11. The van der Waals surface area contributed by atoms with Crippen LogP contribution in [0.4, 0.5) is 13.2 Å². The molecule has 0 N–H and O–H groups in total. The number of hydrogen-bond acceptors (Lipinski definition) is 3. The molecule has 0 heterocycles. The van der Waals surface area contributed by atoms with Gasteiger partial charge in [0, 0.05) is 16.6 Å². The van der Waals surface area contributed by atoms with Gasteiger partial charge >= 0.3 is 6.18 Å². The van der Waals surface area contributed by atoms with E-state index in [0.717, 1.165) is 6.07 Å². The summed E-state index contributed by atoms with van der Waals surface area (Å²) in [6, 6.07) is 2.52. The van der Waals surface area contributed by atoms with E-state index in [4.69, 9.17) is 27.5 Å². The van der Waals surface area contributed by atoms with Gasteiger partial charge in [0.15, 0.2) is 0 Å². The largest absolute Gasteiger partial charge is 0.417 e. The van der Waals surface area contributed by atoms with Gasteiger partial charge in [-0.2, -0.15) is 18.4 Å². The normalized spacial score (nSPS) is 12.2. The molecule has 18 heavy (non-hydrogen) atoms. The zero-order valence-corrected chi connectivity index (χ0v) is 10.8. The average Bonchev–Trinajstić information content (AvgIpc) is 2.24. The van der Waals surface area contributed by atoms with Crippen molar-refractivity contribution in [3.05, 3.63) is 28.8 Å². The van der Waals surface area contributed by atoms with Gasteiger partial charge in [-0.3, -0.25) is 0 Å². The highest BCUT2D eigenvalue weighted by Crippen LogP contribution is 2.36. The van der Waals surface area contributed by atoms with Crippen molar-refractivity contribution in [1.29, 1.82) is 5.26 Å². The molecule has 0 bridgehead atoms. The lowest BCUT2D eigenvalue weighted by Gasteiger charge is -2.12. The van der Waals surface area contributed by atoms with E-state index >= 15 is 0 Å². The van der Waals surface area contributed by atoms with Crippen LogP contribution in [-0.2, 0) is 21.1 Å². The third-order valence-electron chi connectivity index (χ3n) is 2.04. The van der Waals surface area contributed by atoms with Gasteiger partial charge in [-0.1, -0.05) is 0 Å². The van der Waals surface area contributed by atoms with Crippen LogP contribution >= 0.6 is 22.3 Å². The molecule has 3 nitrogen and oxygen atoms in total. The molecule has 1 rings (SSSR count). The molecule has 1 aromatic carbocycles. The first kappa shape index (κ1) is 15.1. The summed E-state index contributed by atoms with van der Waals surface area (Å²) >= 11 is 5.40. The molecule has 0 aliphatic carbocycles. The second-order valence-corrected chi connectivity index (χ2v) is 6.02. The minimum atomic E-state index is -4.87. The van der Waals surface area contributed by atoms with E-state index in [2.05, 4.69) is 0 Å². The highest BCUT2D eigenvalue weighted by atomic mass is 35.7. The number of nitriles is 1. The molecule has 0 radical (unpaired) electrons. The maximum absolute atomic E-state index is 12.7. The first-order valence-electron chi connectivity index (χ1n) is 4.26. The van der Waals surface area contributed by atoms with Crippen molar-refractivity contribution in [3.8, 4) is 6.07 Å². The van der Waals surface area contributed by atoms with Gasteiger partial charge in [-0.15, -0.1) is 11.6 Å². The van der Waals surface area contributed by atoms with Crippen LogP contribution < -0.4 is 0 Å². The van der Waals surface area contributed by atoms with E-state index in [-0.39, 0.29) is 5.56 Å². The fourth-order valence-electron chi connectivity index (χ4n) is 1.27. The summed E-state index contributed by atoms with van der Waals surface area (Å²) in [7, 11) is 0.645. The fourth-order valence-corrected chi connectivity index (χ4v) is 2.29. The van der Waals surface area contributed by atoms with E-state index in [1.807, 2.05) is 0 Å². The number of nitrogens with zero attached hydrogens (tertiary/aromatic N) is 1. The first-order valence-corrected chi connectivity index (χ1v) is 7.10. The van der Waals surface area contributed by atoms with Gasteiger partial charge in [-0.25, -0.2) is 8.42 Å². The smallest absolute Gasteiger partial charge is 0.207 e. The van der Waals surface area contributed by atoms with E-state index in [1.54, 1.807) is 0 Å². The number of benzene rings is 1. The monoisotopic (exact) mass is 317 g/mol. The molecule has 0 aliphatic heterocycles. The second kappa shape index (κ2) is 4.96. The third kappa shape index (κ3) is 3.07. The molecule has 9 heteroatoms. The van der Waals surface area contributed by atoms with Crippen LogP contribution in [0.1, 0.15) is 16.7 Å². The average molecular weight is 318 g/mol. The Morgan fingerprint density at radius 1 is 1.33 bits per heavy atom. The molecule has 0 unspecified atom stereocenters. The SMILES string of the molecule is N#Cc1c(CCl)cc(S(=O)(=O)Cl)cc1C(F)(F)F. The number of hydrogen-bond donors (Lipinski definition) is 0. The lowest BCUT2D eigenvalue weighted by atomic mass is 10.0. The molecule has 0 aromatic heterocycles. The maximum atomic E-state index is 12.7.